The highest BCUT2D eigenvalue weighted by atomic mass is 19.4. The van der Waals surface area contributed by atoms with E-state index < -0.39 is 47.4 Å². The first kappa shape index (κ1) is 16.6. The van der Waals surface area contributed by atoms with Gasteiger partial charge in [-0.25, -0.2) is 0 Å². The molecule has 0 saturated heterocycles. The zero-order valence-electron chi connectivity index (χ0n) is 9.21. The molecule has 20 heavy (non-hydrogen) atoms. The largest absolute Gasteiger partial charge is 0.417 e. The van der Waals surface area contributed by atoms with Crippen LogP contribution in [0.2, 0.25) is 0 Å². The Kier molecular flexibility index (Phi) is 4.01. The Balaban J connectivity index is 3.83. The van der Waals surface area contributed by atoms with Crippen LogP contribution >= 0.6 is 0 Å². The molecule has 0 aliphatic carbocycles. The molecule has 0 aliphatic rings. The summed E-state index contributed by atoms with van der Waals surface area (Å²) in [6.45, 7) is -1.26. The molecule has 0 fully saturated rings. The van der Waals surface area contributed by atoms with Crippen molar-refractivity contribution in [1.82, 2.24) is 0 Å². The second-order valence-corrected chi connectivity index (χ2v) is 3.72. The van der Waals surface area contributed by atoms with Crippen molar-refractivity contribution in [2.75, 3.05) is 0 Å². The number of aliphatic hydroxyl groups is 1. The first-order valence-electron chi connectivity index (χ1n) is 4.78. The zero-order valence-corrected chi connectivity index (χ0v) is 9.21. The molecule has 114 valence electrons. The number of hydrogen-bond donors (Lipinski definition) is 1. The molecule has 1 aromatic rings. The van der Waals surface area contributed by atoms with Gasteiger partial charge in [-0.2, -0.15) is 39.5 Å². The van der Waals surface area contributed by atoms with E-state index in [9.17, 15) is 39.5 Å². The Morgan fingerprint density at radius 3 is 1.25 bits per heavy atom. The monoisotopic (exact) mass is 312 g/mol. The van der Waals surface area contributed by atoms with Gasteiger partial charge in [0.25, 0.3) is 0 Å². The average molecular weight is 312 g/mol. The maximum atomic E-state index is 12.5. The Bertz CT molecular complexity index is 460. The summed E-state index contributed by atoms with van der Waals surface area (Å²) in [7, 11) is 0. The summed E-state index contributed by atoms with van der Waals surface area (Å²) in [4.78, 5) is 0. The van der Waals surface area contributed by atoms with Crippen LogP contribution in [0.15, 0.2) is 12.1 Å². The minimum Gasteiger partial charge on any atom is -0.392 e. The highest BCUT2D eigenvalue weighted by molar-refractivity contribution is 5.44. The van der Waals surface area contributed by atoms with Crippen molar-refractivity contribution in [1.29, 1.82) is 0 Å². The summed E-state index contributed by atoms with van der Waals surface area (Å²) < 4.78 is 113. The minimum atomic E-state index is -5.84. The molecule has 0 amide bonds. The predicted octanol–water partition coefficient (Wildman–Crippen LogP) is 4.24. The normalized spacial score (nSPS) is 13.7. The second-order valence-electron chi connectivity index (χ2n) is 3.72. The van der Waals surface area contributed by atoms with Crippen molar-refractivity contribution in [3.63, 3.8) is 0 Å². The summed E-state index contributed by atoms with van der Waals surface area (Å²) >= 11 is 0. The van der Waals surface area contributed by atoms with Crippen molar-refractivity contribution in [2.24, 2.45) is 0 Å². The first-order valence-corrected chi connectivity index (χ1v) is 4.78. The molecular formula is C10H5F9O. The standard InChI is InChI=1S/C10H5F9O/c11-8(12,13)5-1-4(3-20)2-6(9(14,15)16)7(5)10(17,18)19/h1-2,20H,3H2. The molecule has 1 rings (SSSR count). The van der Waals surface area contributed by atoms with Crippen LogP contribution in [0.1, 0.15) is 22.3 Å². The summed E-state index contributed by atoms with van der Waals surface area (Å²) in [5.74, 6) is 0. The third kappa shape index (κ3) is 3.35. The van der Waals surface area contributed by atoms with Crippen LogP contribution in [0.25, 0.3) is 0 Å². The maximum absolute atomic E-state index is 12.5. The van der Waals surface area contributed by atoms with E-state index in [1.165, 1.54) is 0 Å². The van der Waals surface area contributed by atoms with Gasteiger partial charge in [-0.15, -0.1) is 0 Å². The Hall–Kier alpha value is -1.45. The van der Waals surface area contributed by atoms with Crippen molar-refractivity contribution >= 4 is 0 Å². The Morgan fingerprint density at radius 2 is 1.05 bits per heavy atom. The second kappa shape index (κ2) is 4.83. The van der Waals surface area contributed by atoms with Gasteiger partial charge in [-0.05, 0) is 17.7 Å². The molecule has 0 unspecified atom stereocenters. The third-order valence-corrected chi connectivity index (χ3v) is 2.27. The van der Waals surface area contributed by atoms with Gasteiger partial charge >= 0.3 is 18.5 Å². The van der Waals surface area contributed by atoms with Gasteiger partial charge in [0, 0.05) is 0 Å². The molecule has 0 radical (unpaired) electrons. The number of alkyl halides is 9. The molecule has 0 atom stereocenters. The first-order chi connectivity index (χ1) is 8.78. The summed E-state index contributed by atoms with van der Waals surface area (Å²) in [6.07, 6.45) is -17.1. The molecule has 0 heterocycles. The molecule has 0 saturated carbocycles. The van der Waals surface area contributed by atoms with E-state index in [0.29, 0.717) is 0 Å². The minimum absolute atomic E-state index is 0.155. The lowest BCUT2D eigenvalue weighted by Crippen LogP contribution is -2.23. The zero-order chi connectivity index (χ0) is 15.9. The number of rotatable bonds is 1. The quantitative estimate of drug-likeness (QED) is 0.769. The highest BCUT2D eigenvalue weighted by Gasteiger charge is 2.50. The number of hydrogen-bond acceptors (Lipinski definition) is 1. The third-order valence-electron chi connectivity index (χ3n) is 2.27. The lowest BCUT2D eigenvalue weighted by Gasteiger charge is -2.21. The predicted molar refractivity (Wildman–Crippen MR) is 47.4 cm³/mol. The molecule has 1 N–H and O–H groups in total. The van der Waals surface area contributed by atoms with Gasteiger partial charge in [-0.1, -0.05) is 0 Å². The van der Waals surface area contributed by atoms with Gasteiger partial charge in [0.1, 0.15) is 0 Å². The van der Waals surface area contributed by atoms with Gasteiger partial charge < -0.3 is 5.11 Å². The van der Waals surface area contributed by atoms with E-state index in [2.05, 4.69) is 0 Å². The van der Waals surface area contributed by atoms with Crippen LogP contribution in [-0.4, -0.2) is 5.11 Å². The lowest BCUT2D eigenvalue weighted by atomic mass is 9.96. The average Bonchev–Trinajstić information content (AvgIpc) is 2.23. The molecule has 0 aromatic heterocycles. The number of benzene rings is 1. The molecular weight excluding hydrogens is 307 g/mol. The molecule has 0 aliphatic heterocycles. The van der Waals surface area contributed by atoms with Gasteiger partial charge in [0.05, 0.1) is 23.3 Å². The van der Waals surface area contributed by atoms with Crippen LogP contribution in [0.5, 0.6) is 0 Å². The summed E-state index contributed by atoms with van der Waals surface area (Å²) in [5, 5.41) is 8.60. The number of halogens is 9. The molecule has 0 spiro atoms. The molecule has 1 nitrogen and oxygen atoms in total. The fourth-order valence-electron chi connectivity index (χ4n) is 1.55. The fourth-order valence-corrected chi connectivity index (χ4v) is 1.55. The van der Waals surface area contributed by atoms with E-state index in [0.717, 1.165) is 0 Å². The van der Waals surface area contributed by atoms with Crippen molar-refractivity contribution in [3.8, 4) is 0 Å². The molecule has 1 aromatic carbocycles. The maximum Gasteiger partial charge on any atom is 0.417 e. The van der Waals surface area contributed by atoms with Crippen molar-refractivity contribution < 1.29 is 44.6 Å². The summed E-state index contributed by atoms with van der Waals surface area (Å²) in [5.41, 5.74) is -8.69. The number of aliphatic hydroxyl groups excluding tert-OH is 1. The van der Waals surface area contributed by atoms with E-state index in [-0.39, 0.29) is 12.1 Å². The Morgan fingerprint density at radius 1 is 0.700 bits per heavy atom. The topological polar surface area (TPSA) is 20.2 Å². The van der Waals surface area contributed by atoms with Crippen LogP contribution in [0, 0.1) is 0 Å². The van der Waals surface area contributed by atoms with E-state index in [1.54, 1.807) is 0 Å². The highest BCUT2D eigenvalue weighted by Crippen LogP contribution is 2.47. The van der Waals surface area contributed by atoms with Crippen LogP contribution in [0.4, 0.5) is 39.5 Å². The fraction of sp³-hybridized carbons (Fsp3) is 0.400. The SMILES string of the molecule is OCc1cc(C(F)(F)F)c(C(F)(F)F)c(C(F)(F)F)c1. The van der Waals surface area contributed by atoms with Gasteiger partial charge in [-0.3, -0.25) is 0 Å². The van der Waals surface area contributed by atoms with Crippen molar-refractivity contribution in [2.45, 2.75) is 25.1 Å². The van der Waals surface area contributed by atoms with Crippen LogP contribution < -0.4 is 0 Å². The van der Waals surface area contributed by atoms with Crippen LogP contribution in [0.3, 0.4) is 0 Å². The van der Waals surface area contributed by atoms with Gasteiger partial charge in [0.2, 0.25) is 0 Å². The Labute approximate surface area is 105 Å². The van der Waals surface area contributed by atoms with E-state index >= 15 is 0 Å². The van der Waals surface area contributed by atoms with Crippen molar-refractivity contribution in [3.05, 3.63) is 34.4 Å². The summed E-state index contributed by atoms with van der Waals surface area (Å²) in [6, 6.07) is -0.309. The van der Waals surface area contributed by atoms with E-state index in [1.807, 2.05) is 0 Å². The lowest BCUT2D eigenvalue weighted by molar-refractivity contribution is -0.174. The molecule has 0 bridgehead atoms. The smallest absolute Gasteiger partial charge is 0.392 e. The van der Waals surface area contributed by atoms with Crippen LogP contribution in [-0.2, 0) is 25.1 Å². The molecule has 10 heteroatoms. The van der Waals surface area contributed by atoms with E-state index in [4.69, 9.17) is 5.11 Å². The van der Waals surface area contributed by atoms with Gasteiger partial charge in [0.15, 0.2) is 0 Å².